The summed E-state index contributed by atoms with van der Waals surface area (Å²) >= 11 is 0. The molecular weight excluding hydrogens is 262 g/mol. The Hall–Kier alpha value is -2.41. The van der Waals surface area contributed by atoms with E-state index >= 15 is 0 Å². The SMILES string of the molecule is CC[C@H](C#N)NC(=O)c1cc(C2CC2)nc2ccccc12. The van der Waals surface area contributed by atoms with E-state index < -0.39 is 6.04 Å². The number of nitriles is 1. The molecule has 1 aliphatic rings. The van der Waals surface area contributed by atoms with E-state index in [-0.39, 0.29) is 5.91 Å². The minimum absolute atomic E-state index is 0.191. The smallest absolute Gasteiger partial charge is 0.253 e. The van der Waals surface area contributed by atoms with Crippen molar-refractivity contribution < 1.29 is 4.79 Å². The van der Waals surface area contributed by atoms with Crippen molar-refractivity contribution in [3.8, 4) is 6.07 Å². The summed E-state index contributed by atoms with van der Waals surface area (Å²) in [7, 11) is 0. The highest BCUT2D eigenvalue weighted by molar-refractivity contribution is 6.06. The largest absolute Gasteiger partial charge is 0.336 e. The van der Waals surface area contributed by atoms with Crippen LogP contribution in [0.3, 0.4) is 0 Å². The lowest BCUT2D eigenvalue weighted by atomic mass is 10.0. The Morgan fingerprint density at radius 1 is 1.48 bits per heavy atom. The molecule has 0 radical (unpaired) electrons. The molecule has 1 atom stereocenters. The molecule has 0 unspecified atom stereocenters. The number of nitrogens with one attached hydrogen (secondary N) is 1. The Labute approximate surface area is 123 Å². The molecule has 1 aromatic heterocycles. The number of aromatic nitrogens is 1. The summed E-state index contributed by atoms with van der Waals surface area (Å²) in [6, 6.07) is 11.2. The molecule has 0 spiro atoms. The topological polar surface area (TPSA) is 65.8 Å². The first-order valence-corrected chi connectivity index (χ1v) is 7.33. The minimum atomic E-state index is -0.450. The Morgan fingerprint density at radius 3 is 2.90 bits per heavy atom. The highest BCUT2D eigenvalue weighted by atomic mass is 16.1. The molecule has 1 N–H and O–H groups in total. The Balaban J connectivity index is 2.03. The van der Waals surface area contributed by atoms with Crippen LogP contribution in [0.1, 0.15) is 48.2 Å². The van der Waals surface area contributed by atoms with Gasteiger partial charge in [0.15, 0.2) is 0 Å². The second-order valence-electron chi connectivity index (χ2n) is 5.45. The fraction of sp³-hybridized carbons (Fsp3) is 0.353. The number of carbonyl (C=O) groups excluding carboxylic acids is 1. The van der Waals surface area contributed by atoms with E-state index in [0.717, 1.165) is 29.4 Å². The molecule has 1 amide bonds. The highest BCUT2D eigenvalue weighted by Gasteiger charge is 2.27. The van der Waals surface area contributed by atoms with Gasteiger partial charge in [0.1, 0.15) is 6.04 Å². The van der Waals surface area contributed by atoms with Gasteiger partial charge in [-0.2, -0.15) is 5.26 Å². The van der Waals surface area contributed by atoms with Crippen molar-refractivity contribution in [1.82, 2.24) is 10.3 Å². The fourth-order valence-electron chi connectivity index (χ4n) is 2.43. The number of hydrogen-bond acceptors (Lipinski definition) is 3. The summed E-state index contributed by atoms with van der Waals surface area (Å²) in [5.74, 6) is 0.294. The summed E-state index contributed by atoms with van der Waals surface area (Å²) in [6.45, 7) is 1.88. The summed E-state index contributed by atoms with van der Waals surface area (Å²) in [6.07, 6.45) is 2.88. The highest BCUT2D eigenvalue weighted by Crippen LogP contribution is 2.40. The average Bonchev–Trinajstić information content (AvgIpc) is 3.36. The number of fused-ring (bicyclic) bond motifs is 1. The molecular formula is C17H17N3O. The lowest BCUT2D eigenvalue weighted by molar-refractivity contribution is 0.0946. The van der Waals surface area contributed by atoms with E-state index in [1.165, 1.54) is 0 Å². The van der Waals surface area contributed by atoms with Gasteiger partial charge in [0.2, 0.25) is 0 Å². The summed E-state index contributed by atoms with van der Waals surface area (Å²) < 4.78 is 0. The molecule has 4 nitrogen and oxygen atoms in total. The monoisotopic (exact) mass is 279 g/mol. The fourth-order valence-corrected chi connectivity index (χ4v) is 2.43. The van der Waals surface area contributed by atoms with Crippen LogP contribution in [-0.2, 0) is 0 Å². The van der Waals surface area contributed by atoms with Crippen LogP contribution < -0.4 is 5.32 Å². The van der Waals surface area contributed by atoms with Gasteiger partial charge in [-0.25, -0.2) is 0 Å². The standard InChI is InChI=1S/C17H17N3O/c1-2-12(10-18)19-17(21)14-9-16(11-7-8-11)20-15-6-4-3-5-13(14)15/h3-6,9,11-12H,2,7-8H2,1H3,(H,19,21)/t12-/m1/s1. The van der Waals surface area contributed by atoms with E-state index in [1.54, 1.807) is 0 Å². The average molecular weight is 279 g/mol. The van der Waals surface area contributed by atoms with Crippen molar-refractivity contribution in [2.75, 3.05) is 0 Å². The number of pyridine rings is 1. The normalized spacial score (nSPS) is 15.4. The van der Waals surface area contributed by atoms with Crippen LogP contribution in [0.25, 0.3) is 10.9 Å². The van der Waals surface area contributed by atoms with E-state index in [9.17, 15) is 4.79 Å². The minimum Gasteiger partial charge on any atom is -0.336 e. The second-order valence-corrected chi connectivity index (χ2v) is 5.45. The number of amides is 1. The van der Waals surface area contributed by atoms with Crippen molar-refractivity contribution in [2.45, 2.75) is 38.1 Å². The second kappa shape index (κ2) is 5.53. The summed E-state index contributed by atoms with van der Waals surface area (Å²) in [5, 5.41) is 12.6. The molecule has 1 aromatic carbocycles. The zero-order chi connectivity index (χ0) is 14.8. The van der Waals surface area contributed by atoms with Gasteiger partial charge in [0, 0.05) is 17.0 Å². The molecule has 2 aromatic rings. The van der Waals surface area contributed by atoms with Crippen LogP contribution in [0.5, 0.6) is 0 Å². The molecule has 21 heavy (non-hydrogen) atoms. The maximum Gasteiger partial charge on any atom is 0.253 e. The first kappa shape index (κ1) is 13.6. The molecule has 1 fully saturated rings. The van der Waals surface area contributed by atoms with Gasteiger partial charge in [-0.15, -0.1) is 0 Å². The van der Waals surface area contributed by atoms with E-state index in [2.05, 4.69) is 16.4 Å². The van der Waals surface area contributed by atoms with Crippen molar-refractivity contribution in [3.05, 3.63) is 41.6 Å². The van der Waals surface area contributed by atoms with Crippen molar-refractivity contribution >= 4 is 16.8 Å². The third-order valence-electron chi connectivity index (χ3n) is 3.85. The first-order chi connectivity index (χ1) is 10.2. The van der Waals surface area contributed by atoms with Gasteiger partial charge in [-0.05, 0) is 31.4 Å². The molecule has 4 heteroatoms. The number of carbonyl (C=O) groups is 1. The molecule has 0 bridgehead atoms. The molecule has 1 aliphatic carbocycles. The molecule has 106 valence electrons. The van der Waals surface area contributed by atoms with Crippen LogP contribution in [0.4, 0.5) is 0 Å². The maximum atomic E-state index is 12.5. The van der Waals surface area contributed by atoms with Crippen molar-refractivity contribution in [3.63, 3.8) is 0 Å². The van der Waals surface area contributed by atoms with Gasteiger partial charge in [0.05, 0.1) is 17.1 Å². The van der Waals surface area contributed by atoms with Crippen LogP contribution in [0.15, 0.2) is 30.3 Å². The number of hydrogen-bond donors (Lipinski definition) is 1. The molecule has 0 saturated heterocycles. The number of nitrogens with zero attached hydrogens (tertiary/aromatic N) is 2. The Morgan fingerprint density at radius 2 is 2.24 bits per heavy atom. The van der Waals surface area contributed by atoms with E-state index in [0.29, 0.717) is 17.9 Å². The zero-order valence-corrected chi connectivity index (χ0v) is 12.0. The Kier molecular flexibility index (Phi) is 3.57. The van der Waals surface area contributed by atoms with Crippen molar-refractivity contribution in [2.24, 2.45) is 0 Å². The molecule has 0 aliphatic heterocycles. The van der Waals surface area contributed by atoms with Gasteiger partial charge in [-0.3, -0.25) is 9.78 Å². The molecule has 3 rings (SSSR count). The molecule has 1 saturated carbocycles. The van der Waals surface area contributed by atoms with Crippen molar-refractivity contribution in [1.29, 1.82) is 5.26 Å². The van der Waals surface area contributed by atoms with Gasteiger partial charge in [0.25, 0.3) is 5.91 Å². The number of benzene rings is 1. The zero-order valence-electron chi connectivity index (χ0n) is 12.0. The third kappa shape index (κ3) is 2.73. The van der Waals surface area contributed by atoms with E-state index in [4.69, 9.17) is 5.26 Å². The third-order valence-corrected chi connectivity index (χ3v) is 3.85. The Bertz CT molecular complexity index is 728. The quantitative estimate of drug-likeness (QED) is 0.935. The van der Waals surface area contributed by atoms with Gasteiger partial charge >= 0.3 is 0 Å². The van der Waals surface area contributed by atoms with Gasteiger partial charge in [-0.1, -0.05) is 25.1 Å². The number of para-hydroxylation sites is 1. The number of rotatable bonds is 4. The lowest BCUT2D eigenvalue weighted by Crippen LogP contribution is -2.33. The van der Waals surface area contributed by atoms with Gasteiger partial charge < -0.3 is 5.32 Å². The maximum absolute atomic E-state index is 12.5. The van der Waals surface area contributed by atoms with Crippen LogP contribution in [-0.4, -0.2) is 16.9 Å². The predicted octanol–water partition coefficient (Wildman–Crippen LogP) is 3.14. The van der Waals surface area contributed by atoms with Crippen LogP contribution in [0.2, 0.25) is 0 Å². The molecule has 1 heterocycles. The van der Waals surface area contributed by atoms with E-state index in [1.807, 2.05) is 37.3 Å². The predicted molar refractivity (Wildman–Crippen MR) is 80.9 cm³/mol. The summed E-state index contributed by atoms with van der Waals surface area (Å²) in [4.78, 5) is 17.1. The lowest BCUT2D eigenvalue weighted by Gasteiger charge is -2.12. The summed E-state index contributed by atoms with van der Waals surface area (Å²) in [5.41, 5.74) is 2.46. The first-order valence-electron chi connectivity index (χ1n) is 7.33. The van der Waals surface area contributed by atoms with Crippen LogP contribution >= 0.6 is 0 Å². The van der Waals surface area contributed by atoms with Crippen LogP contribution in [0, 0.1) is 11.3 Å².